The second-order valence-electron chi connectivity index (χ2n) is 4.92. The quantitative estimate of drug-likeness (QED) is 0.698. The summed E-state index contributed by atoms with van der Waals surface area (Å²) in [5, 5.41) is 0. The number of fused-ring (bicyclic) bond motifs is 2. The van der Waals surface area contributed by atoms with E-state index in [0.717, 1.165) is 25.8 Å². The van der Waals surface area contributed by atoms with Gasteiger partial charge in [0.2, 0.25) is 5.91 Å². The molecule has 0 saturated carbocycles. The minimum absolute atomic E-state index is 0.184. The number of nitrogens with zero attached hydrogens (tertiary/aromatic N) is 1. The van der Waals surface area contributed by atoms with Gasteiger partial charge in [0.05, 0.1) is 0 Å². The van der Waals surface area contributed by atoms with Crippen LogP contribution in [0.5, 0.6) is 0 Å². The molecule has 2 saturated heterocycles. The van der Waals surface area contributed by atoms with Crippen LogP contribution in [-0.2, 0) is 4.79 Å². The summed E-state index contributed by atoms with van der Waals surface area (Å²) < 4.78 is 0. The van der Waals surface area contributed by atoms with Crippen molar-refractivity contribution < 1.29 is 4.79 Å². The van der Waals surface area contributed by atoms with Crippen LogP contribution in [0, 0.1) is 0 Å². The van der Waals surface area contributed by atoms with Crippen LogP contribution >= 0.6 is 0 Å². The standard InChI is InChI=1S/C11H21N3O/c12-8-6-9-3-4-10(7-8)14(9)5-1-2-11(13)15/h8-10H,1-7,12H2,(H2,13,15). The van der Waals surface area contributed by atoms with Crippen LogP contribution in [0.25, 0.3) is 0 Å². The van der Waals surface area contributed by atoms with E-state index < -0.39 is 0 Å². The van der Waals surface area contributed by atoms with Gasteiger partial charge in [-0.15, -0.1) is 0 Å². The molecule has 0 radical (unpaired) electrons. The highest BCUT2D eigenvalue weighted by Crippen LogP contribution is 2.34. The van der Waals surface area contributed by atoms with Crippen molar-refractivity contribution in [1.29, 1.82) is 0 Å². The van der Waals surface area contributed by atoms with Gasteiger partial charge >= 0.3 is 0 Å². The Kier molecular flexibility index (Phi) is 3.26. The van der Waals surface area contributed by atoms with Crippen LogP contribution in [0.4, 0.5) is 0 Å². The van der Waals surface area contributed by atoms with Gasteiger partial charge in [-0.25, -0.2) is 0 Å². The molecule has 2 atom stereocenters. The molecule has 0 aliphatic carbocycles. The number of amides is 1. The highest BCUT2D eigenvalue weighted by molar-refractivity contribution is 5.73. The maximum absolute atomic E-state index is 10.7. The Morgan fingerprint density at radius 1 is 1.27 bits per heavy atom. The molecule has 2 unspecified atom stereocenters. The van der Waals surface area contributed by atoms with Crippen molar-refractivity contribution in [3.8, 4) is 0 Å². The third-order valence-electron chi connectivity index (χ3n) is 3.76. The Bertz CT molecular complexity index is 230. The summed E-state index contributed by atoms with van der Waals surface area (Å²) >= 11 is 0. The second kappa shape index (κ2) is 4.49. The molecule has 0 aromatic rings. The molecule has 15 heavy (non-hydrogen) atoms. The van der Waals surface area contributed by atoms with E-state index in [4.69, 9.17) is 11.5 Å². The number of primary amides is 1. The monoisotopic (exact) mass is 211 g/mol. The molecular formula is C11H21N3O. The predicted octanol–water partition coefficient (Wildman–Crippen LogP) is 0.206. The summed E-state index contributed by atoms with van der Waals surface area (Å²) in [6.07, 6.45) is 6.25. The van der Waals surface area contributed by atoms with Crippen molar-refractivity contribution in [3.63, 3.8) is 0 Å². The smallest absolute Gasteiger partial charge is 0.217 e. The maximum Gasteiger partial charge on any atom is 0.217 e. The largest absolute Gasteiger partial charge is 0.370 e. The minimum atomic E-state index is -0.184. The lowest BCUT2D eigenvalue weighted by Gasteiger charge is -2.37. The Balaban J connectivity index is 1.81. The number of nitrogens with two attached hydrogens (primary N) is 2. The van der Waals surface area contributed by atoms with E-state index in [1.165, 1.54) is 12.8 Å². The molecule has 2 bridgehead atoms. The average Bonchev–Trinajstić information content (AvgIpc) is 2.42. The number of hydrogen-bond donors (Lipinski definition) is 2. The zero-order chi connectivity index (χ0) is 10.8. The van der Waals surface area contributed by atoms with Crippen molar-refractivity contribution in [3.05, 3.63) is 0 Å². The summed E-state index contributed by atoms with van der Waals surface area (Å²) in [6.45, 7) is 1.02. The number of rotatable bonds is 4. The van der Waals surface area contributed by atoms with Gasteiger partial charge in [0.25, 0.3) is 0 Å². The van der Waals surface area contributed by atoms with Crippen molar-refractivity contribution in [2.24, 2.45) is 11.5 Å². The summed E-state index contributed by atoms with van der Waals surface area (Å²) in [5.41, 5.74) is 11.1. The van der Waals surface area contributed by atoms with Gasteiger partial charge in [-0.3, -0.25) is 9.69 Å². The van der Waals surface area contributed by atoms with Crippen LogP contribution in [0.2, 0.25) is 0 Å². The molecule has 86 valence electrons. The van der Waals surface area contributed by atoms with E-state index in [9.17, 15) is 4.79 Å². The first-order valence-electron chi connectivity index (χ1n) is 5.96. The number of piperidine rings is 1. The predicted molar refractivity (Wildman–Crippen MR) is 59.2 cm³/mol. The second-order valence-corrected chi connectivity index (χ2v) is 4.92. The lowest BCUT2D eigenvalue weighted by Crippen LogP contribution is -2.47. The van der Waals surface area contributed by atoms with Crippen LogP contribution in [0.3, 0.4) is 0 Å². The van der Waals surface area contributed by atoms with Gasteiger partial charge in [0.15, 0.2) is 0 Å². The first-order valence-corrected chi connectivity index (χ1v) is 5.96. The molecule has 2 aliphatic heterocycles. The SMILES string of the molecule is NC(=O)CCCN1C2CCC1CC(N)C2. The molecule has 2 rings (SSSR count). The van der Waals surface area contributed by atoms with Crippen LogP contribution < -0.4 is 11.5 Å². The summed E-state index contributed by atoms with van der Waals surface area (Å²) in [5.74, 6) is -0.184. The van der Waals surface area contributed by atoms with Crippen LogP contribution in [0.1, 0.15) is 38.5 Å². The van der Waals surface area contributed by atoms with E-state index in [0.29, 0.717) is 24.5 Å². The van der Waals surface area contributed by atoms with Gasteiger partial charge in [0, 0.05) is 24.5 Å². The number of carbonyl (C=O) groups is 1. The fraction of sp³-hybridized carbons (Fsp3) is 0.909. The topological polar surface area (TPSA) is 72.4 Å². The van der Waals surface area contributed by atoms with E-state index in [1.54, 1.807) is 0 Å². The minimum Gasteiger partial charge on any atom is -0.370 e. The molecule has 4 N–H and O–H groups in total. The highest BCUT2D eigenvalue weighted by atomic mass is 16.1. The number of carbonyl (C=O) groups excluding carboxylic acids is 1. The number of hydrogen-bond acceptors (Lipinski definition) is 3. The van der Waals surface area contributed by atoms with Crippen LogP contribution in [-0.4, -0.2) is 35.5 Å². The molecule has 2 heterocycles. The van der Waals surface area contributed by atoms with Crippen LogP contribution in [0.15, 0.2) is 0 Å². The zero-order valence-electron chi connectivity index (χ0n) is 9.19. The summed E-state index contributed by atoms with van der Waals surface area (Å²) in [4.78, 5) is 13.2. The summed E-state index contributed by atoms with van der Waals surface area (Å²) in [6, 6.07) is 1.74. The highest BCUT2D eigenvalue weighted by Gasteiger charge is 2.38. The molecule has 0 aromatic heterocycles. The molecular weight excluding hydrogens is 190 g/mol. The summed E-state index contributed by atoms with van der Waals surface area (Å²) in [7, 11) is 0. The molecule has 2 fully saturated rings. The molecule has 0 spiro atoms. The van der Waals surface area contributed by atoms with Crippen molar-refractivity contribution in [1.82, 2.24) is 4.90 Å². The average molecular weight is 211 g/mol. The normalized spacial score (nSPS) is 35.7. The molecule has 2 aliphatic rings. The lowest BCUT2D eigenvalue weighted by atomic mass is 9.98. The fourth-order valence-corrected chi connectivity index (χ4v) is 3.12. The molecule has 0 aromatic carbocycles. The van der Waals surface area contributed by atoms with Gasteiger partial charge in [-0.2, -0.15) is 0 Å². The molecule has 4 heteroatoms. The first kappa shape index (κ1) is 10.9. The maximum atomic E-state index is 10.7. The molecule has 1 amide bonds. The third kappa shape index (κ3) is 2.49. The van der Waals surface area contributed by atoms with E-state index in [-0.39, 0.29) is 5.91 Å². The Hall–Kier alpha value is -0.610. The Labute approximate surface area is 91.0 Å². The third-order valence-corrected chi connectivity index (χ3v) is 3.76. The molecule has 4 nitrogen and oxygen atoms in total. The van der Waals surface area contributed by atoms with Gasteiger partial charge in [0.1, 0.15) is 0 Å². The first-order chi connectivity index (χ1) is 7.16. The fourth-order valence-electron chi connectivity index (χ4n) is 3.12. The van der Waals surface area contributed by atoms with E-state index in [1.807, 2.05) is 0 Å². The van der Waals surface area contributed by atoms with Crippen molar-refractivity contribution in [2.75, 3.05) is 6.54 Å². The Morgan fingerprint density at radius 3 is 2.40 bits per heavy atom. The Morgan fingerprint density at radius 2 is 1.87 bits per heavy atom. The van der Waals surface area contributed by atoms with E-state index in [2.05, 4.69) is 4.90 Å². The van der Waals surface area contributed by atoms with Gasteiger partial charge in [-0.05, 0) is 38.6 Å². The van der Waals surface area contributed by atoms with Crippen molar-refractivity contribution >= 4 is 5.91 Å². The lowest BCUT2D eigenvalue weighted by molar-refractivity contribution is -0.118. The van der Waals surface area contributed by atoms with E-state index >= 15 is 0 Å². The van der Waals surface area contributed by atoms with Gasteiger partial charge < -0.3 is 11.5 Å². The zero-order valence-corrected chi connectivity index (χ0v) is 9.19. The van der Waals surface area contributed by atoms with Crippen molar-refractivity contribution in [2.45, 2.75) is 56.7 Å². The van der Waals surface area contributed by atoms with Gasteiger partial charge in [-0.1, -0.05) is 0 Å².